The molecule has 2 fully saturated rings. The van der Waals surface area contributed by atoms with E-state index in [-0.39, 0.29) is 25.2 Å². The van der Waals surface area contributed by atoms with Crippen LogP contribution in [-0.2, 0) is 23.8 Å². The summed E-state index contributed by atoms with van der Waals surface area (Å²) in [7, 11) is 1.48. The molecular formula is C16H27NO6. The van der Waals surface area contributed by atoms with E-state index in [2.05, 4.69) is 0 Å². The molecule has 1 N–H and O–H groups in total. The zero-order valence-electron chi connectivity index (χ0n) is 14.0. The fourth-order valence-electron chi connectivity index (χ4n) is 3.31. The molecule has 0 aromatic heterocycles. The van der Waals surface area contributed by atoms with Crippen molar-refractivity contribution < 1.29 is 28.9 Å². The first-order valence-electron chi connectivity index (χ1n) is 8.23. The SMILES string of the molecule is COCC1(C(=O)O)CCCN(C(=O)C(C)OCC2CCCO2)C1. The minimum absolute atomic E-state index is 0.0678. The van der Waals surface area contributed by atoms with E-state index in [1.54, 1.807) is 11.8 Å². The lowest BCUT2D eigenvalue weighted by molar-refractivity contribution is -0.162. The summed E-state index contributed by atoms with van der Waals surface area (Å²) in [6.45, 7) is 3.71. The van der Waals surface area contributed by atoms with Gasteiger partial charge in [0.05, 0.1) is 19.3 Å². The summed E-state index contributed by atoms with van der Waals surface area (Å²) in [5.41, 5.74) is -1.02. The number of methoxy groups -OCH3 is 1. The van der Waals surface area contributed by atoms with Crippen molar-refractivity contribution in [3.63, 3.8) is 0 Å². The first-order chi connectivity index (χ1) is 11.0. The third-order valence-corrected chi connectivity index (χ3v) is 4.67. The Morgan fingerprint density at radius 2 is 2.22 bits per heavy atom. The van der Waals surface area contributed by atoms with E-state index < -0.39 is 17.5 Å². The van der Waals surface area contributed by atoms with Crippen LogP contribution in [0.5, 0.6) is 0 Å². The van der Waals surface area contributed by atoms with Gasteiger partial charge in [-0.15, -0.1) is 0 Å². The number of carboxylic acid groups (broad SMARTS) is 1. The van der Waals surface area contributed by atoms with Crippen LogP contribution in [0.15, 0.2) is 0 Å². The summed E-state index contributed by atoms with van der Waals surface area (Å²) in [5.74, 6) is -1.07. The smallest absolute Gasteiger partial charge is 0.313 e. The molecule has 0 aromatic carbocycles. The number of carboxylic acids is 1. The predicted octanol–water partition coefficient (Wildman–Crippen LogP) is 0.910. The zero-order valence-corrected chi connectivity index (χ0v) is 14.0. The monoisotopic (exact) mass is 329 g/mol. The number of likely N-dealkylation sites (tertiary alicyclic amines) is 1. The molecule has 0 radical (unpaired) electrons. The quantitative estimate of drug-likeness (QED) is 0.747. The Labute approximate surface area is 136 Å². The number of hydrogen-bond acceptors (Lipinski definition) is 5. The average Bonchev–Trinajstić information content (AvgIpc) is 3.05. The lowest BCUT2D eigenvalue weighted by Crippen LogP contribution is -2.54. The lowest BCUT2D eigenvalue weighted by atomic mass is 9.80. The van der Waals surface area contributed by atoms with E-state index >= 15 is 0 Å². The van der Waals surface area contributed by atoms with Crippen molar-refractivity contribution in [2.75, 3.05) is 40.0 Å². The molecule has 2 rings (SSSR count). The highest BCUT2D eigenvalue weighted by Gasteiger charge is 2.44. The van der Waals surface area contributed by atoms with E-state index in [1.165, 1.54) is 7.11 Å². The van der Waals surface area contributed by atoms with Crippen LogP contribution in [0.3, 0.4) is 0 Å². The number of rotatable bonds is 7. The fourth-order valence-corrected chi connectivity index (χ4v) is 3.31. The molecule has 2 heterocycles. The third-order valence-electron chi connectivity index (χ3n) is 4.67. The van der Waals surface area contributed by atoms with Gasteiger partial charge in [-0.1, -0.05) is 0 Å². The van der Waals surface area contributed by atoms with Crippen LogP contribution in [0.2, 0.25) is 0 Å². The predicted molar refractivity (Wildman–Crippen MR) is 82.1 cm³/mol. The largest absolute Gasteiger partial charge is 0.481 e. The molecule has 1 amide bonds. The highest BCUT2D eigenvalue weighted by molar-refractivity contribution is 5.82. The maximum absolute atomic E-state index is 12.5. The maximum atomic E-state index is 12.5. The molecule has 2 saturated heterocycles. The number of nitrogens with zero attached hydrogens (tertiary/aromatic N) is 1. The van der Waals surface area contributed by atoms with Gasteiger partial charge in [0.25, 0.3) is 5.91 Å². The molecule has 23 heavy (non-hydrogen) atoms. The molecule has 3 unspecified atom stereocenters. The number of hydrogen-bond donors (Lipinski definition) is 1. The molecular weight excluding hydrogens is 302 g/mol. The second-order valence-corrected chi connectivity index (χ2v) is 6.49. The summed E-state index contributed by atoms with van der Waals surface area (Å²) < 4.78 is 16.2. The van der Waals surface area contributed by atoms with Crippen LogP contribution in [0, 0.1) is 5.41 Å². The summed E-state index contributed by atoms with van der Waals surface area (Å²) >= 11 is 0. The summed E-state index contributed by atoms with van der Waals surface area (Å²) in [4.78, 5) is 25.8. The molecule has 2 aliphatic heterocycles. The van der Waals surface area contributed by atoms with Crippen LogP contribution in [0.25, 0.3) is 0 Å². The Morgan fingerprint density at radius 1 is 1.43 bits per heavy atom. The Morgan fingerprint density at radius 3 is 2.83 bits per heavy atom. The van der Waals surface area contributed by atoms with Gasteiger partial charge in [-0.05, 0) is 32.6 Å². The van der Waals surface area contributed by atoms with Gasteiger partial charge in [0.15, 0.2) is 0 Å². The molecule has 3 atom stereocenters. The highest BCUT2D eigenvalue weighted by atomic mass is 16.5. The highest BCUT2D eigenvalue weighted by Crippen LogP contribution is 2.31. The first kappa shape index (κ1) is 18.2. The molecule has 0 aromatic rings. The van der Waals surface area contributed by atoms with Gasteiger partial charge < -0.3 is 24.2 Å². The van der Waals surface area contributed by atoms with Crippen LogP contribution in [0.4, 0.5) is 0 Å². The number of amides is 1. The van der Waals surface area contributed by atoms with Crippen molar-refractivity contribution in [2.24, 2.45) is 5.41 Å². The standard InChI is InChI=1S/C16H27NO6/c1-12(23-9-13-5-3-8-22-13)14(18)17-7-4-6-16(10-17,11-21-2)15(19)20/h12-13H,3-11H2,1-2H3,(H,19,20). The molecule has 132 valence electrons. The fraction of sp³-hybridized carbons (Fsp3) is 0.875. The molecule has 7 nitrogen and oxygen atoms in total. The molecule has 0 saturated carbocycles. The second-order valence-electron chi connectivity index (χ2n) is 6.49. The van der Waals surface area contributed by atoms with Crippen molar-refractivity contribution in [1.82, 2.24) is 4.90 Å². The average molecular weight is 329 g/mol. The van der Waals surface area contributed by atoms with Crippen molar-refractivity contribution >= 4 is 11.9 Å². The van der Waals surface area contributed by atoms with Crippen LogP contribution in [0.1, 0.15) is 32.6 Å². The van der Waals surface area contributed by atoms with E-state index in [4.69, 9.17) is 14.2 Å². The minimum Gasteiger partial charge on any atom is -0.481 e. The van der Waals surface area contributed by atoms with Gasteiger partial charge in [-0.3, -0.25) is 9.59 Å². The topological polar surface area (TPSA) is 85.3 Å². The summed E-state index contributed by atoms with van der Waals surface area (Å²) in [5, 5.41) is 9.54. The van der Waals surface area contributed by atoms with Crippen LogP contribution >= 0.6 is 0 Å². The third kappa shape index (κ3) is 4.43. The van der Waals surface area contributed by atoms with Gasteiger partial charge in [0, 0.05) is 26.8 Å². The second kappa shape index (κ2) is 8.08. The van der Waals surface area contributed by atoms with Gasteiger partial charge >= 0.3 is 5.97 Å². The molecule has 0 aliphatic carbocycles. The first-order valence-corrected chi connectivity index (χ1v) is 8.23. The molecule has 2 aliphatic rings. The van der Waals surface area contributed by atoms with Crippen molar-refractivity contribution in [3.8, 4) is 0 Å². The zero-order chi connectivity index (χ0) is 16.9. The number of carbonyl (C=O) groups is 2. The van der Waals surface area contributed by atoms with Gasteiger partial charge in [0.2, 0.25) is 0 Å². The maximum Gasteiger partial charge on any atom is 0.313 e. The van der Waals surface area contributed by atoms with Crippen molar-refractivity contribution in [2.45, 2.75) is 44.8 Å². The molecule has 0 bridgehead atoms. The molecule has 0 spiro atoms. The van der Waals surface area contributed by atoms with E-state index in [9.17, 15) is 14.7 Å². The minimum atomic E-state index is -1.02. The number of carbonyl (C=O) groups excluding carboxylic acids is 1. The van der Waals surface area contributed by atoms with Gasteiger partial charge in [0.1, 0.15) is 11.5 Å². The Hall–Kier alpha value is -1.18. The number of piperidine rings is 1. The van der Waals surface area contributed by atoms with Gasteiger partial charge in [-0.25, -0.2) is 0 Å². The van der Waals surface area contributed by atoms with Crippen LogP contribution in [-0.4, -0.2) is 74.1 Å². The Kier molecular flexibility index (Phi) is 6.38. The van der Waals surface area contributed by atoms with Crippen LogP contribution < -0.4 is 0 Å². The summed E-state index contributed by atoms with van der Waals surface area (Å²) in [6.07, 6.45) is 2.64. The Bertz CT molecular complexity index is 419. The number of ether oxygens (including phenoxy) is 3. The van der Waals surface area contributed by atoms with Gasteiger partial charge in [-0.2, -0.15) is 0 Å². The Balaban J connectivity index is 1.90. The molecule has 7 heteroatoms. The van der Waals surface area contributed by atoms with Crippen molar-refractivity contribution in [3.05, 3.63) is 0 Å². The van der Waals surface area contributed by atoms with E-state index in [0.717, 1.165) is 19.4 Å². The van der Waals surface area contributed by atoms with E-state index in [1.807, 2.05) is 0 Å². The van der Waals surface area contributed by atoms with Crippen molar-refractivity contribution in [1.29, 1.82) is 0 Å². The normalized spacial score (nSPS) is 29.5. The van der Waals surface area contributed by atoms with E-state index in [0.29, 0.717) is 26.0 Å². The lowest BCUT2D eigenvalue weighted by Gasteiger charge is -2.40. The number of aliphatic carboxylic acids is 1. The summed E-state index contributed by atoms with van der Waals surface area (Å²) in [6, 6.07) is 0.